The summed E-state index contributed by atoms with van der Waals surface area (Å²) in [7, 11) is 3.21. The summed E-state index contributed by atoms with van der Waals surface area (Å²) >= 11 is 1.25. The molecule has 2 heterocycles. The van der Waals surface area contributed by atoms with Crippen molar-refractivity contribution in [2.24, 2.45) is 0 Å². The first-order valence-corrected chi connectivity index (χ1v) is 9.74. The number of amides is 2. The molecule has 29 heavy (non-hydrogen) atoms. The first-order valence-electron chi connectivity index (χ1n) is 8.86. The molecule has 0 saturated carbocycles. The minimum Gasteiger partial charge on any atom is -0.497 e. The fourth-order valence-corrected chi connectivity index (χ4v) is 3.36. The number of hydrogen-bond donors (Lipinski definition) is 2. The first-order chi connectivity index (χ1) is 14.1. The van der Waals surface area contributed by atoms with Gasteiger partial charge in [0.05, 0.1) is 32.6 Å². The van der Waals surface area contributed by atoms with Gasteiger partial charge in [-0.2, -0.15) is 0 Å². The van der Waals surface area contributed by atoms with Gasteiger partial charge in [-0.3, -0.25) is 14.9 Å². The van der Waals surface area contributed by atoms with Crippen LogP contribution in [0.4, 0.5) is 5.13 Å². The predicted molar refractivity (Wildman–Crippen MR) is 109 cm³/mol. The number of hydrogen-bond acceptors (Lipinski definition) is 7. The number of nitrogens with one attached hydrogen (secondary N) is 2. The van der Waals surface area contributed by atoms with Gasteiger partial charge in [-0.25, -0.2) is 4.98 Å². The fraction of sp³-hybridized carbons (Fsp3) is 0.250. The van der Waals surface area contributed by atoms with Crippen LogP contribution in [0, 0.1) is 0 Å². The Hall–Kier alpha value is -3.33. The molecular weight excluding hydrogens is 394 g/mol. The smallest absolute Gasteiger partial charge is 0.293 e. The van der Waals surface area contributed by atoms with Crippen LogP contribution in [-0.2, 0) is 17.6 Å². The predicted octanol–water partition coefficient (Wildman–Crippen LogP) is 2.91. The van der Waals surface area contributed by atoms with E-state index in [4.69, 9.17) is 13.9 Å². The third-order valence-corrected chi connectivity index (χ3v) is 4.87. The van der Waals surface area contributed by atoms with Gasteiger partial charge < -0.3 is 19.2 Å². The lowest BCUT2D eigenvalue weighted by Crippen LogP contribution is -2.27. The minimum atomic E-state index is -0.382. The molecule has 0 aliphatic carbocycles. The fourth-order valence-electron chi connectivity index (χ4n) is 2.65. The maximum atomic E-state index is 12.2. The van der Waals surface area contributed by atoms with E-state index in [9.17, 15) is 9.59 Å². The molecule has 0 atom stereocenters. The van der Waals surface area contributed by atoms with Gasteiger partial charge in [0.1, 0.15) is 11.5 Å². The second-order valence-corrected chi connectivity index (χ2v) is 6.89. The van der Waals surface area contributed by atoms with E-state index in [2.05, 4.69) is 15.6 Å². The molecule has 3 rings (SSSR count). The van der Waals surface area contributed by atoms with Gasteiger partial charge in [-0.1, -0.05) is 0 Å². The van der Waals surface area contributed by atoms with Crippen molar-refractivity contribution in [1.29, 1.82) is 0 Å². The lowest BCUT2D eigenvalue weighted by atomic mass is 10.1. The molecule has 2 aromatic heterocycles. The minimum absolute atomic E-state index is 0.127. The number of aromatic nitrogens is 1. The third kappa shape index (κ3) is 5.58. The van der Waals surface area contributed by atoms with Crippen molar-refractivity contribution in [2.75, 3.05) is 26.1 Å². The number of carbonyl (C=O) groups is 2. The maximum absolute atomic E-state index is 12.2. The Morgan fingerprint density at radius 3 is 2.79 bits per heavy atom. The number of methoxy groups -OCH3 is 2. The molecule has 1 aromatic carbocycles. The third-order valence-electron chi connectivity index (χ3n) is 4.06. The normalized spacial score (nSPS) is 10.4. The molecule has 8 nitrogen and oxygen atoms in total. The quantitative estimate of drug-likeness (QED) is 0.557. The molecule has 3 aromatic rings. The highest BCUT2D eigenvalue weighted by Crippen LogP contribution is 2.24. The van der Waals surface area contributed by atoms with Gasteiger partial charge in [-0.15, -0.1) is 11.3 Å². The highest BCUT2D eigenvalue weighted by molar-refractivity contribution is 7.14. The Morgan fingerprint density at radius 1 is 1.21 bits per heavy atom. The Labute approximate surface area is 171 Å². The monoisotopic (exact) mass is 415 g/mol. The number of rotatable bonds is 9. The molecule has 9 heteroatoms. The molecule has 0 aliphatic rings. The molecule has 0 fully saturated rings. The van der Waals surface area contributed by atoms with Crippen molar-refractivity contribution in [3.05, 3.63) is 59.0 Å². The number of thiazole rings is 1. The Kier molecular flexibility index (Phi) is 6.85. The van der Waals surface area contributed by atoms with E-state index in [-0.39, 0.29) is 24.0 Å². The van der Waals surface area contributed by atoms with Crippen molar-refractivity contribution in [1.82, 2.24) is 10.3 Å². The van der Waals surface area contributed by atoms with Crippen molar-refractivity contribution in [2.45, 2.75) is 12.8 Å². The molecule has 0 saturated heterocycles. The van der Waals surface area contributed by atoms with E-state index < -0.39 is 0 Å². The van der Waals surface area contributed by atoms with Crippen LogP contribution >= 0.6 is 11.3 Å². The zero-order valence-corrected chi connectivity index (χ0v) is 16.9. The Balaban J connectivity index is 1.48. The van der Waals surface area contributed by atoms with E-state index in [1.165, 1.54) is 17.6 Å². The summed E-state index contributed by atoms with van der Waals surface area (Å²) in [6.07, 6.45) is 2.16. The topological polar surface area (TPSA) is 103 Å². The standard InChI is InChI=1S/C20H21N3O5S/c1-26-15-5-6-16(27-2)13(10-15)7-8-21-18(24)11-14-12-29-20(22-14)23-19(25)17-4-3-9-28-17/h3-6,9-10,12H,7-8,11H2,1-2H3,(H,21,24)(H,22,23,25). The van der Waals surface area contributed by atoms with Crippen LogP contribution in [0.1, 0.15) is 21.8 Å². The van der Waals surface area contributed by atoms with E-state index in [1.54, 1.807) is 31.7 Å². The number of anilines is 1. The van der Waals surface area contributed by atoms with Gasteiger partial charge in [-0.05, 0) is 42.3 Å². The number of furan rings is 1. The van der Waals surface area contributed by atoms with Crippen LogP contribution in [0.15, 0.2) is 46.4 Å². The Bertz CT molecular complexity index is 968. The summed E-state index contributed by atoms with van der Waals surface area (Å²) in [4.78, 5) is 28.4. The average Bonchev–Trinajstić information content (AvgIpc) is 3.40. The maximum Gasteiger partial charge on any atom is 0.293 e. The second kappa shape index (κ2) is 9.74. The van der Waals surface area contributed by atoms with Crippen LogP contribution in [0.2, 0.25) is 0 Å². The molecule has 2 amide bonds. The summed E-state index contributed by atoms with van der Waals surface area (Å²) in [5, 5.41) is 7.66. The summed E-state index contributed by atoms with van der Waals surface area (Å²) in [6.45, 7) is 0.453. The largest absolute Gasteiger partial charge is 0.497 e. The molecule has 0 aliphatic heterocycles. The summed E-state index contributed by atoms with van der Waals surface area (Å²) in [6, 6.07) is 8.75. The van der Waals surface area contributed by atoms with Gasteiger partial charge in [0.25, 0.3) is 5.91 Å². The molecule has 0 spiro atoms. The van der Waals surface area contributed by atoms with Crippen LogP contribution in [0.5, 0.6) is 11.5 Å². The zero-order chi connectivity index (χ0) is 20.6. The van der Waals surface area contributed by atoms with Crippen LogP contribution in [0.25, 0.3) is 0 Å². The lowest BCUT2D eigenvalue weighted by molar-refractivity contribution is -0.120. The molecule has 0 bridgehead atoms. The molecular formula is C20H21N3O5S. The molecule has 2 N–H and O–H groups in total. The first kappa shape index (κ1) is 20.4. The van der Waals surface area contributed by atoms with Crippen molar-refractivity contribution in [3.8, 4) is 11.5 Å². The summed E-state index contributed by atoms with van der Waals surface area (Å²) in [5.74, 6) is 1.15. The van der Waals surface area contributed by atoms with Gasteiger partial charge in [0.15, 0.2) is 10.9 Å². The number of ether oxygens (including phenoxy) is 2. The zero-order valence-electron chi connectivity index (χ0n) is 16.1. The van der Waals surface area contributed by atoms with Gasteiger partial charge in [0, 0.05) is 11.9 Å². The SMILES string of the molecule is COc1ccc(OC)c(CCNC(=O)Cc2csc(NC(=O)c3ccco3)n2)c1. The highest BCUT2D eigenvalue weighted by atomic mass is 32.1. The summed E-state index contributed by atoms with van der Waals surface area (Å²) < 4.78 is 15.6. The molecule has 0 radical (unpaired) electrons. The molecule has 0 unspecified atom stereocenters. The molecule has 152 valence electrons. The second-order valence-electron chi connectivity index (χ2n) is 6.03. The van der Waals surface area contributed by atoms with E-state index in [0.29, 0.717) is 23.8 Å². The summed E-state index contributed by atoms with van der Waals surface area (Å²) in [5.41, 5.74) is 1.53. The number of nitrogens with zero attached hydrogens (tertiary/aromatic N) is 1. The highest BCUT2D eigenvalue weighted by Gasteiger charge is 2.13. The Morgan fingerprint density at radius 2 is 2.07 bits per heavy atom. The van der Waals surface area contributed by atoms with Gasteiger partial charge >= 0.3 is 0 Å². The number of benzene rings is 1. The van der Waals surface area contributed by atoms with E-state index in [0.717, 1.165) is 17.1 Å². The average molecular weight is 415 g/mol. The van der Waals surface area contributed by atoms with Crippen LogP contribution < -0.4 is 20.1 Å². The van der Waals surface area contributed by atoms with Crippen molar-refractivity contribution >= 4 is 28.3 Å². The van der Waals surface area contributed by atoms with E-state index >= 15 is 0 Å². The van der Waals surface area contributed by atoms with Crippen LogP contribution in [0.3, 0.4) is 0 Å². The lowest BCUT2D eigenvalue weighted by Gasteiger charge is -2.11. The van der Waals surface area contributed by atoms with E-state index in [1.807, 2.05) is 18.2 Å². The van der Waals surface area contributed by atoms with Crippen molar-refractivity contribution in [3.63, 3.8) is 0 Å². The van der Waals surface area contributed by atoms with Crippen molar-refractivity contribution < 1.29 is 23.5 Å². The number of carbonyl (C=O) groups excluding carboxylic acids is 2. The van der Waals surface area contributed by atoms with Crippen LogP contribution in [-0.4, -0.2) is 37.6 Å². The van der Waals surface area contributed by atoms with Gasteiger partial charge in [0.2, 0.25) is 5.91 Å².